The van der Waals surface area contributed by atoms with Crippen molar-refractivity contribution in [1.82, 2.24) is 14.5 Å². The van der Waals surface area contributed by atoms with Crippen molar-refractivity contribution >= 4 is 22.5 Å². The van der Waals surface area contributed by atoms with Crippen molar-refractivity contribution in [2.24, 2.45) is 5.92 Å². The van der Waals surface area contributed by atoms with Gasteiger partial charge in [-0.2, -0.15) is 23.4 Å². The molecule has 6 nitrogen and oxygen atoms in total. The van der Waals surface area contributed by atoms with E-state index >= 15 is 0 Å². The van der Waals surface area contributed by atoms with Gasteiger partial charge in [0.05, 0.1) is 23.3 Å². The van der Waals surface area contributed by atoms with Crippen LogP contribution < -0.4 is 11.1 Å². The van der Waals surface area contributed by atoms with Crippen molar-refractivity contribution in [1.29, 1.82) is 5.26 Å². The molecule has 2 heterocycles. The summed E-state index contributed by atoms with van der Waals surface area (Å²) >= 11 is 0. The van der Waals surface area contributed by atoms with E-state index in [-0.39, 0.29) is 24.1 Å². The number of anilines is 2. The number of alkyl halides is 3. The van der Waals surface area contributed by atoms with E-state index in [1.54, 1.807) is 0 Å². The molecule has 1 aliphatic carbocycles. The van der Waals surface area contributed by atoms with E-state index in [0.717, 1.165) is 41.8 Å². The van der Waals surface area contributed by atoms with Gasteiger partial charge >= 0.3 is 6.18 Å². The molecule has 0 radical (unpaired) electrons. The number of hydrogen-bond donors (Lipinski definition) is 2. The third-order valence-electron chi connectivity index (χ3n) is 7.18. The Morgan fingerprint density at radius 1 is 1.16 bits per heavy atom. The number of benzene rings is 2. The van der Waals surface area contributed by atoms with Gasteiger partial charge in [-0.25, -0.2) is 4.98 Å². The molecule has 0 spiro atoms. The summed E-state index contributed by atoms with van der Waals surface area (Å²) in [6, 6.07) is 15.5. The fourth-order valence-corrected chi connectivity index (χ4v) is 4.88. The predicted octanol–water partition coefficient (Wildman–Crippen LogP) is 6.53. The lowest BCUT2D eigenvalue weighted by Crippen LogP contribution is -2.31. The van der Waals surface area contributed by atoms with Gasteiger partial charge in [0, 0.05) is 11.7 Å². The molecule has 0 aliphatic heterocycles. The van der Waals surface area contributed by atoms with Crippen LogP contribution in [0.1, 0.15) is 48.7 Å². The molecule has 2 aromatic carbocycles. The number of halogens is 3. The zero-order valence-corrected chi connectivity index (χ0v) is 20.6. The van der Waals surface area contributed by atoms with Crippen molar-refractivity contribution in [3.63, 3.8) is 0 Å². The zero-order valence-electron chi connectivity index (χ0n) is 20.6. The maximum Gasteiger partial charge on any atom is 0.416 e. The van der Waals surface area contributed by atoms with Gasteiger partial charge in [-0.1, -0.05) is 36.2 Å². The van der Waals surface area contributed by atoms with Crippen LogP contribution in [0.5, 0.6) is 0 Å². The molecule has 0 saturated heterocycles. The Hall–Kier alpha value is -4.06. The Bertz CT molecular complexity index is 1510. The third-order valence-corrected chi connectivity index (χ3v) is 7.18. The van der Waals surface area contributed by atoms with E-state index in [4.69, 9.17) is 5.73 Å². The highest BCUT2D eigenvalue weighted by atomic mass is 19.4. The summed E-state index contributed by atoms with van der Waals surface area (Å²) in [6.45, 7) is 4.30. The van der Waals surface area contributed by atoms with Crippen molar-refractivity contribution < 1.29 is 13.2 Å². The van der Waals surface area contributed by atoms with Crippen LogP contribution in [-0.2, 0) is 12.7 Å². The molecule has 9 heteroatoms. The number of aryl methyl sites for hydroxylation is 1. The molecule has 3 N–H and O–H groups in total. The molecule has 37 heavy (non-hydrogen) atoms. The fraction of sp³-hybridized carbons (Fsp3) is 0.321. The number of nitrogen functional groups attached to an aromatic ring is 1. The number of nitrogens with two attached hydrogens (primary N) is 1. The molecule has 4 aromatic rings. The van der Waals surface area contributed by atoms with Gasteiger partial charge in [-0.05, 0) is 68.0 Å². The lowest BCUT2D eigenvalue weighted by molar-refractivity contribution is -0.137. The van der Waals surface area contributed by atoms with Crippen LogP contribution in [0.3, 0.4) is 0 Å². The second-order valence-corrected chi connectivity index (χ2v) is 9.76. The van der Waals surface area contributed by atoms with Gasteiger partial charge in [0.25, 0.3) is 0 Å². The van der Waals surface area contributed by atoms with Crippen LogP contribution in [0.4, 0.5) is 24.7 Å². The summed E-state index contributed by atoms with van der Waals surface area (Å²) in [4.78, 5) is 8.98. The molecular weight excluding hydrogens is 477 g/mol. The van der Waals surface area contributed by atoms with Gasteiger partial charge < -0.3 is 15.6 Å². The van der Waals surface area contributed by atoms with Gasteiger partial charge in [0.1, 0.15) is 11.6 Å². The minimum atomic E-state index is -4.48. The monoisotopic (exact) mass is 504 g/mol. The van der Waals surface area contributed by atoms with Crippen LogP contribution in [-0.4, -0.2) is 20.6 Å². The summed E-state index contributed by atoms with van der Waals surface area (Å²) in [5, 5.41) is 13.1. The fourth-order valence-electron chi connectivity index (χ4n) is 4.88. The largest absolute Gasteiger partial charge is 0.416 e. The van der Waals surface area contributed by atoms with E-state index < -0.39 is 11.7 Å². The second kappa shape index (κ2) is 9.43. The molecule has 190 valence electrons. The van der Waals surface area contributed by atoms with E-state index in [1.807, 2.05) is 47.9 Å². The normalized spacial score (nSPS) is 14.8. The number of nitrogens with one attached hydrogen (secondary N) is 1. The molecule has 1 saturated carbocycles. The summed E-state index contributed by atoms with van der Waals surface area (Å²) in [7, 11) is 0. The lowest BCUT2D eigenvalue weighted by Gasteiger charge is -2.32. The topological polar surface area (TPSA) is 92.5 Å². The first-order valence-electron chi connectivity index (χ1n) is 12.2. The average molecular weight is 505 g/mol. The minimum absolute atomic E-state index is 0.0535. The maximum atomic E-state index is 13.2. The molecule has 2 aromatic heterocycles. The summed E-state index contributed by atoms with van der Waals surface area (Å²) < 4.78 is 41.7. The number of hydrogen-bond acceptors (Lipinski definition) is 5. The standard InChI is InChI=1S/C28H27F3N6/c1-16-5-3-8-19(11-16)24-13-23-26(27(36-25(14-32)35-23)34-17(2)18-6-4-7-18)37(24)15-20-9-10-21(12-22(20)33)28(29,30)31/h3,5,8-13,17-18H,4,6-7,15,33H2,1-2H3,(H,34,35,36)/t17-/m1/s1. The van der Waals surface area contributed by atoms with Crippen LogP contribution in [0.2, 0.25) is 0 Å². The average Bonchev–Trinajstić information content (AvgIpc) is 3.17. The van der Waals surface area contributed by atoms with E-state index in [2.05, 4.69) is 22.2 Å². The van der Waals surface area contributed by atoms with Crippen molar-refractivity contribution in [3.05, 3.63) is 71.0 Å². The predicted molar refractivity (Wildman–Crippen MR) is 138 cm³/mol. The Balaban J connectivity index is 1.69. The molecule has 0 amide bonds. The molecule has 1 aliphatic rings. The van der Waals surface area contributed by atoms with Crippen LogP contribution in [0, 0.1) is 24.2 Å². The first kappa shape index (κ1) is 24.6. The van der Waals surface area contributed by atoms with Crippen molar-refractivity contribution in [2.45, 2.75) is 51.9 Å². The summed E-state index contributed by atoms with van der Waals surface area (Å²) in [5.74, 6) is 1.10. The van der Waals surface area contributed by atoms with Crippen molar-refractivity contribution in [3.8, 4) is 17.3 Å². The summed E-state index contributed by atoms with van der Waals surface area (Å²) in [6.07, 6.45) is -1.02. The highest BCUT2D eigenvalue weighted by Crippen LogP contribution is 2.37. The lowest BCUT2D eigenvalue weighted by atomic mass is 9.80. The highest BCUT2D eigenvalue weighted by molar-refractivity contribution is 5.92. The number of nitriles is 1. The maximum absolute atomic E-state index is 13.2. The first-order valence-corrected chi connectivity index (χ1v) is 12.2. The molecule has 0 bridgehead atoms. The molecule has 1 atom stereocenters. The van der Waals surface area contributed by atoms with Gasteiger partial charge in [0.15, 0.2) is 5.82 Å². The Morgan fingerprint density at radius 3 is 2.57 bits per heavy atom. The van der Waals surface area contributed by atoms with Crippen LogP contribution >= 0.6 is 0 Å². The van der Waals surface area contributed by atoms with Crippen LogP contribution in [0.25, 0.3) is 22.3 Å². The van der Waals surface area contributed by atoms with Gasteiger partial charge in [-0.15, -0.1) is 0 Å². The Morgan fingerprint density at radius 2 is 1.95 bits per heavy atom. The Kier molecular flexibility index (Phi) is 6.28. The number of nitrogens with zero attached hydrogens (tertiary/aromatic N) is 4. The quantitative estimate of drug-likeness (QED) is 0.291. The number of rotatable bonds is 6. The van der Waals surface area contributed by atoms with Crippen molar-refractivity contribution in [2.75, 3.05) is 11.1 Å². The smallest absolute Gasteiger partial charge is 0.398 e. The molecular formula is C28H27F3N6. The minimum Gasteiger partial charge on any atom is -0.398 e. The zero-order chi connectivity index (χ0) is 26.3. The summed E-state index contributed by atoms with van der Waals surface area (Å²) in [5.41, 5.74) is 9.97. The second-order valence-electron chi connectivity index (χ2n) is 9.76. The molecule has 1 fully saturated rings. The highest BCUT2D eigenvalue weighted by Gasteiger charge is 2.31. The third kappa shape index (κ3) is 4.84. The Labute approximate surface area is 213 Å². The number of aromatic nitrogens is 3. The van der Waals surface area contributed by atoms with Crippen LogP contribution in [0.15, 0.2) is 48.5 Å². The van der Waals surface area contributed by atoms with E-state index in [1.165, 1.54) is 12.5 Å². The van der Waals surface area contributed by atoms with E-state index in [9.17, 15) is 18.4 Å². The molecule has 5 rings (SSSR count). The van der Waals surface area contributed by atoms with Gasteiger partial charge in [-0.3, -0.25) is 0 Å². The number of fused-ring (bicyclic) bond motifs is 1. The van der Waals surface area contributed by atoms with E-state index in [0.29, 0.717) is 28.3 Å². The first-order chi connectivity index (χ1) is 17.6. The molecule has 0 unspecified atom stereocenters. The SMILES string of the molecule is Cc1cccc(-c2cc3nc(C#N)nc(N[C@H](C)C4CCC4)c3n2Cc2ccc(C(F)(F)F)cc2N)c1. The van der Waals surface area contributed by atoms with Gasteiger partial charge in [0.2, 0.25) is 5.82 Å².